The van der Waals surface area contributed by atoms with Gasteiger partial charge < -0.3 is 9.30 Å². The highest BCUT2D eigenvalue weighted by Gasteiger charge is 2.28. The van der Waals surface area contributed by atoms with E-state index in [9.17, 15) is 0 Å². The van der Waals surface area contributed by atoms with Crippen molar-refractivity contribution in [2.45, 2.75) is 13.2 Å². The molecule has 0 N–H and O–H groups in total. The Morgan fingerprint density at radius 2 is 1.76 bits per heavy atom. The number of aromatic nitrogens is 1. The number of rotatable bonds is 1. The van der Waals surface area contributed by atoms with E-state index in [1.165, 1.54) is 22.2 Å². The van der Waals surface area contributed by atoms with Crippen molar-refractivity contribution in [1.82, 2.24) is 4.57 Å². The summed E-state index contributed by atoms with van der Waals surface area (Å²) in [5.41, 5.74) is 5.88. The lowest BCUT2D eigenvalue weighted by Crippen LogP contribution is -2.22. The van der Waals surface area contributed by atoms with Gasteiger partial charge in [-0.15, -0.1) is 0 Å². The van der Waals surface area contributed by atoms with Crippen molar-refractivity contribution >= 4 is 26.8 Å². The van der Waals surface area contributed by atoms with E-state index in [-0.39, 0.29) is 6.23 Å². The molecule has 1 atom stereocenters. The molecule has 1 unspecified atom stereocenters. The molecular weight excluding hydrogens is 374 g/mol. The third-order valence-electron chi connectivity index (χ3n) is 4.77. The number of ether oxygens (including phenoxy) is 1. The summed E-state index contributed by atoms with van der Waals surface area (Å²) >= 11 is 3.59. The van der Waals surface area contributed by atoms with E-state index in [2.05, 4.69) is 94.2 Å². The minimum absolute atomic E-state index is 0.163. The minimum atomic E-state index is -0.163. The molecule has 0 spiro atoms. The molecule has 0 radical (unpaired) electrons. The standard InChI is InChI=1S/C22H16BrNO/c1-14-7-9-18-20-13-16-12-17(23)8-10-19(16)24(20)22(25-21(18)11-14)15-5-3-2-4-6-15/h2-13,22H,1H3. The summed E-state index contributed by atoms with van der Waals surface area (Å²) in [6.07, 6.45) is -0.163. The van der Waals surface area contributed by atoms with Gasteiger partial charge in [0.15, 0.2) is 0 Å². The maximum Gasteiger partial charge on any atom is 0.203 e. The molecule has 2 heterocycles. The molecule has 0 amide bonds. The topological polar surface area (TPSA) is 14.2 Å². The van der Waals surface area contributed by atoms with E-state index in [0.717, 1.165) is 21.3 Å². The van der Waals surface area contributed by atoms with Crippen LogP contribution in [0.15, 0.2) is 77.3 Å². The van der Waals surface area contributed by atoms with Crippen molar-refractivity contribution in [1.29, 1.82) is 0 Å². The SMILES string of the molecule is Cc1ccc2c(c1)OC(c1ccccc1)n1c-2cc2cc(Br)ccc21. The molecule has 122 valence electrons. The van der Waals surface area contributed by atoms with Gasteiger partial charge in [-0.25, -0.2) is 0 Å². The van der Waals surface area contributed by atoms with Crippen LogP contribution in [-0.2, 0) is 0 Å². The Labute approximate surface area is 154 Å². The predicted octanol–water partition coefficient (Wildman–Crippen LogP) is 6.32. The fraction of sp³-hybridized carbons (Fsp3) is 0.0909. The van der Waals surface area contributed by atoms with E-state index in [4.69, 9.17) is 4.74 Å². The highest BCUT2D eigenvalue weighted by atomic mass is 79.9. The Kier molecular flexibility index (Phi) is 3.25. The largest absolute Gasteiger partial charge is 0.465 e. The first-order valence-electron chi connectivity index (χ1n) is 8.34. The van der Waals surface area contributed by atoms with Crippen molar-refractivity contribution in [3.05, 3.63) is 88.4 Å². The smallest absolute Gasteiger partial charge is 0.203 e. The molecule has 0 saturated carbocycles. The number of fused-ring (bicyclic) bond motifs is 5. The highest BCUT2D eigenvalue weighted by Crippen LogP contribution is 2.44. The molecule has 1 aliphatic heterocycles. The maximum atomic E-state index is 6.47. The van der Waals surface area contributed by atoms with E-state index in [0.29, 0.717) is 0 Å². The second kappa shape index (κ2) is 5.50. The van der Waals surface area contributed by atoms with E-state index in [1.807, 2.05) is 6.07 Å². The van der Waals surface area contributed by atoms with Crippen LogP contribution in [0.25, 0.3) is 22.2 Å². The third kappa shape index (κ3) is 2.30. The number of aryl methyl sites for hydroxylation is 1. The molecule has 1 aromatic heterocycles. The van der Waals surface area contributed by atoms with Gasteiger partial charge in [0.2, 0.25) is 6.23 Å². The average molecular weight is 390 g/mol. The zero-order chi connectivity index (χ0) is 17.0. The van der Waals surface area contributed by atoms with Crippen LogP contribution in [0.1, 0.15) is 17.4 Å². The molecule has 5 rings (SSSR count). The third-order valence-corrected chi connectivity index (χ3v) is 5.27. The number of hydrogen-bond acceptors (Lipinski definition) is 1. The van der Waals surface area contributed by atoms with Crippen molar-refractivity contribution < 1.29 is 4.74 Å². The molecule has 3 heteroatoms. The molecule has 3 aromatic carbocycles. The molecule has 1 aliphatic rings. The average Bonchev–Trinajstić information content (AvgIpc) is 3.00. The lowest BCUT2D eigenvalue weighted by atomic mass is 10.1. The summed E-state index contributed by atoms with van der Waals surface area (Å²) in [6, 6.07) is 25.5. The molecule has 0 fully saturated rings. The normalized spacial score (nSPS) is 15.5. The summed E-state index contributed by atoms with van der Waals surface area (Å²) in [5.74, 6) is 0.947. The Hall–Kier alpha value is -2.52. The van der Waals surface area contributed by atoms with E-state index < -0.39 is 0 Å². The summed E-state index contributed by atoms with van der Waals surface area (Å²) in [7, 11) is 0. The summed E-state index contributed by atoms with van der Waals surface area (Å²) < 4.78 is 9.86. The number of benzene rings is 3. The van der Waals surface area contributed by atoms with Crippen molar-refractivity contribution in [3.8, 4) is 17.0 Å². The molecular formula is C22H16BrNO. The van der Waals surface area contributed by atoms with Crippen molar-refractivity contribution in [2.24, 2.45) is 0 Å². The first-order chi connectivity index (χ1) is 12.2. The zero-order valence-corrected chi connectivity index (χ0v) is 15.3. The van der Waals surface area contributed by atoms with Gasteiger partial charge in [-0.1, -0.05) is 52.3 Å². The molecule has 0 saturated heterocycles. The number of hydrogen-bond donors (Lipinski definition) is 0. The van der Waals surface area contributed by atoms with Crippen LogP contribution in [0.5, 0.6) is 5.75 Å². The van der Waals surface area contributed by atoms with Gasteiger partial charge in [-0.05, 0) is 48.9 Å². The van der Waals surface area contributed by atoms with Crippen molar-refractivity contribution in [3.63, 3.8) is 0 Å². The fourth-order valence-electron chi connectivity index (χ4n) is 3.61. The summed E-state index contributed by atoms with van der Waals surface area (Å²) in [5, 5.41) is 1.21. The first-order valence-corrected chi connectivity index (χ1v) is 9.13. The first kappa shape index (κ1) is 14.8. The molecule has 2 nitrogen and oxygen atoms in total. The Morgan fingerprint density at radius 3 is 2.60 bits per heavy atom. The zero-order valence-electron chi connectivity index (χ0n) is 13.7. The van der Waals surface area contributed by atoms with Crippen LogP contribution in [0.4, 0.5) is 0 Å². The van der Waals surface area contributed by atoms with Gasteiger partial charge in [-0.2, -0.15) is 0 Å². The van der Waals surface area contributed by atoms with Gasteiger partial charge in [0.1, 0.15) is 5.75 Å². The van der Waals surface area contributed by atoms with Crippen molar-refractivity contribution in [2.75, 3.05) is 0 Å². The van der Waals surface area contributed by atoms with Gasteiger partial charge >= 0.3 is 0 Å². The lowest BCUT2D eigenvalue weighted by Gasteiger charge is -2.30. The van der Waals surface area contributed by atoms with Crippen LogP contribution in [0.3, 0.4) is 0 Å². The Balaban J connectivity index is 1.84. The van der Waals surface area contributed by atoms with Crippen LogP contribution in [-0.4, -0.2) is 4.57 Å². The monoisotopic (exact) mass is 389 g/mol. The van der Waals surface area contributed by atoms with Gasteiger partial charge in [0, 0.05) is 21.0 Å². The number of nitrogens with zero attached hydrogens (tertiary/aromatic N) is 1. The number of halogens is 1. The van der Waals surface area contributed by atoms with Crippen LogP contribution in [0.2, 0.25) is 0 Å². The fourth-order valence-corrected chi connectivity index (χ4v) is 3.99. The summed E-state index contributed by atoms with van der Waals surface area (Å²) in [6.45, 7) is 2.10. The molecule has 4 aromatic rings. The predicted molar refractivity (Wildman–Crippen MR) is 105 cm³/mol. The second-order valence-corrected chi connectivity index (χ2v) is 7.40. The van der Waals surface area contributed by atoms with Gasteiger partial charge in [0.05, 0.1) is 11.2 Å². The van der Waals surface area contributed by atoms with Gasteiger partial charge in [0.25, 0.3) is 0 Å². The molecule has 25 heavy (non-hydrogen) atoms. The molecule has 0 aliphatic carbocycles. The van der Waals surface area contributed by atoms with Crippen LogP contribution < -0.4 is 4.74 Å². The van der Waals surface area contributed by atoms with E-state index >= 15 is 0 Å². The maximum absolute atomic E-state index is 6.47. The Morgan fingerprint density at radius 1 is 0.920 bits per heavy atom. The van der Waals surface area contributed by atoms with Crippen LogP contribution in [0, 0.1) is 6.92 Å². The molecule has 0 bridgehead atoms. The van der Waals surface area contributed by atoms with E-state index in [1.54, 1.807) is 0 Å². The quantitative estimate of drug-likeness (QED) is 0.371. The minimum Gasteiger partial charge on any atom is -0.465 e. The van der Waals surface area contributed by atoms with Crippen LogP contribution >= 0.6 is 15.9 Å². The Bertz CT molecular complexity index is 1100. The second-order valence-electron chi connectivity index (χ2n) is 6.48. The van der Waals surface area contributed by atoms with Gasteiger partial charge in [-0.3, -0.25) is 0 Å². The highest BCUT2D eigenvalue weighted by molar-refractivity contribution is 9.10. The summed E-state index contributed by atoms with van der Waals surface area (Å²) in [4.78, 5) is 0. The lowest BCUT2D eigenvalue weighted by molar-refractivity contribution is 0.173.